The van der Waals surface area contributed by atoms with Crippen molar-refractivity contribution in [3.05, 3.63) is 52.7 Å². The molecule has 0 saturated carbocycles. The van der Waals surface area contributed by atoms with Gasteiger partial charge in [-0.2, -0.15) is 10.4 Å². The highest BCUT2D eigenvalue weighted by molar-refractivity contribution is 6.11. The number of aromatic nitrogens is 2. The quantitative estimate of drug-likeness (QED) is 0.662. The molecule has 1 amide bonds. The zero-order chi connectivity index (χ0) is 23.4. The van der Waals surface area contributed by atoms with Gasteiger partial charge in [0.25, 0.3) is 5.91 Å². The largest absolute Gasteiger partial charge is 0.362 e. The molecule has 1 N–H and O–H groups in total. The van der Waals surface area contributed by atoms with Gasteiger partial charge in [0, 0.05) is 24.9 Å². The number of hydrogen-bond donors (Lipinski definition) is 1. The molecule has 0 fully saturated rings. The van der Waals surface area contributed by atoms with Crippen molar-refractivity contribution in [2.45, 2.75) is 46.2 Å². The highest BCUT2D eigenvalue weighted by Crippen LogP contribution is 2.43. The first kappa shape index (κ1) is 21.6. The van der Waals surface area contributed by atoms with Crippen LogP contribution in [0.1, 0.15) is 49.2 Å². The van der Waals surface area contributed by atoms with Gasteiger partial charge in [-0.1, -0.05) is 12.1 Å². The van der Waals surface area contributed by atoms with E-state index in [0.717, 1.165) is 39.0 Å². The van der Waals surface area contributed by atoms with Crippen molar-refractivity contribution in [3.63, 3.8) is 0 Å². The van der Waals surface area contributed by atoms with Crippen LogP contribution in [-0.2, 0) is 4.79 Å². The molecule has 3 aromatic rings. The molecule has 2 heterocycles. The van der Waals surface area contributed by atoms with Crippen LogP contribution in [0, 0.1) is 25.2 Å². The number of carbonyl (C=O) groups excluding carboxylic acids is 1. The van der Waals surface area contributed by atoms with Crippen molar-refractivity contribution in [2.24, 2.45) is 0 Å². The van der Waals surface area contributed by atoms with E-state index in [2.05, 4.69) is 27.6 Å². The minimum atomic E-state index is -0.636. The Balaban J connectivity index is 1.84. The monoisotopic (exact) mass is 428 g/mol. The normalized spacial score (nSPS) is 16.0. The molecule has 7 heteroatoms. The van der Waals surface area contributed by atoms with Crippen LogP contribution in [-0.4, -0.2) is 35.7 Å². The van der Waals surface area contributed by atoms with E-state index >= 15 is 0 Å². The van der Waals surface area contributed by atoms with Gasteiger partial charge in [-0.15, -0.1) is 5.10 Å². The number of likely N-dealkylation sites (N-methyl/N-ethyl adjacent to an activating group) is 2. The predicted molar refractivity (Wildman–Crippen MR) is 128 cm³/mol. The smallest absolute Gasteiger partial charge is 0.252 e. The van der Waals surface area contributed by atoms with Gasteiger partial charge in [-0.05, 0) is 63.9 Å². The summed E-state index contributed by atoms with van der Waals surface area (Å²) in [5.74, 6) is 0.688. The Labute approximate surface area is 188 Å². The highest BCUT2D eigenvalue weighted by atomic mass is 16.2. The number of hydrogen-bond acceptors (Lipinski definition) is 6. The van der Waals surface area contributed by atoms with Crippen LogP contribution in [0.5, 0.6) is 0 Å². The fraction of sp³-hybridized carbons (Fsp3) is 0.360. The van der Waals surface area contributed by atoms with E-state index in [1.54, 1.807) is 4.90 Å². The molecule has 0 bridgehead atoms. The second-order valence-corrected chi connectivity index (χ2v) is 9.00. The third-order valence-corrected chi connectivity index (χ3v) is 6.76. The maximum Gasteiger partial charge on any atom is 0.252 e. The molecule has 0 radical (unpaired) electrons. The summed E-state index contributed by atoms with van der Waals surface area (Å²) in [5.41, 5.74) is 4.66. The molecule has 0 unspecified atom stereocenters. The minimum Gasteiger partial charge on any atom is -0.362 e. The van der Waals surface area contributed by atoms with Gasteiger partial charge in [0.15, 0.2) is 5.82 Å². The van der Waals surface area contributed by atoms with Crippen LogP contribution in [0.2, 0.25) is 0 Å². The molecule has 0 spiro atoms. The van der Waals surface area contributed by atoms with Gasteiger partial charge < -0.3 is 15.1 Å². The van der Waals surface area contributed by atoms with E-state index < -0.39 is 5.54 Å². The van der Waals surface area contributed by atoms with Crippen molar-refractivity contribution >= 4 is 33.9 Å². The summed E-state index contributed by atoms with van der Waals surface area (Å²) in [7, 11) is 3.77. The highest BCUT2D eigenvalue weighted by Gasteiger charge is 2.41. The number of benzene rings is 2. The Morgan fingerprint density at radius 2 is 1.78 bits per heavy atom. The maximum absolute atomic E-state index is 13.0. The number of anilines is 3. The number of nitrogens with one attached hydrogen (secondary N) is 1. The lowest BCUT2D eigenvalue weighted by Crippen LogP contribution is -2.57. The van der Waals surface area contributed by atoms with Gasteiger partial charge in [-0.3, -0.25) is 4.79 Å². The van der Waals surface area contributed by atoms with E-state index in [1.165, 1.54) is 0 Å². The van der Waals surface area contributed by atoms with Gasteiger partial charge in [-0.25, -0.2) is 0 Å². The summed E-state index contributed by atoms with van der Waals surface area (Å²) in [6.45, 7) is 9.81. The molecular formula is C25H28N6O. The Morgan fingerprint density at radius 3 is 2.47 bits per heavy atom. The average Bonchev–Trinajstić information content (AvgIpc) is 2.77. The van der Waals surface area contributed by atoms with Crippen LogP contribution >= 0.6 is 0 Å². The van der Waals surface area contributed by atoms with Gasteiger partial charge in [0.05, 0.1) is 34.7 Å². The second-order valence-electron chi connectivity index (χ2n) is 9.00. The van der Waals surface area contributed by atoms with Gasteiger partial charge in [0.2, 0.25) is 0 Å². The first-order valence-electron chi connectivity index (χ1n) is 10.7. The SMILES string of the molecule is Cc1c(C#N)cccc1[C@@H](C)Nc1nnc(C)c2cc3c(cc12)N(C)C(=O)C(C)(C)N3C. The summed E-state index contributed by atoms with van der Waals surface area (Å²) in [6.07, 6.45) is 0. The molecule has 1 atom stereocenters. The molecule has 1 aliphatic rings. The fourth-order valence-electron chi connectivity index (χ4n) is 4.44. The van der Waals surface area contributed by atoms with E-state index in [1.807, 2.05) is 77.9 Å². The van der Waals surface area contributed by atoms with E-state index in [0.29, 0.717) is 11.4 Å². The van der Waals surface area contributed by atoms with Crippen LogP contribution < -0.4 is 15.1 Å². The lowest BCUT2D eigenvalue weighted by atomic mass is 9.94. The topological polar surface area (TPSA) is 85.1 Å². The summed E-state index contributed by atoms with van der Waals surface area (Å²) in [6, 6.07) is 12.0. The lowest BCUT2D eigenvalue weighted by Gasteiger charge is -2.45. The minimum absolute atomic E-state index is 0.0393. The molecule has 4 rings (SSSR count). The second kappa shape index (κ2) is 7.49. The average molecular weight is 429 g/mol. The van der Waals surface area contributed by atoms with Crippen LogP contribution in [0.3, 0.4) is 0 Å². The van der Waals surface area contributed by atoms with Gasteiger partial charge >= 0.3 is 0 Å². The van der Waals surface area contributed by atoms with Crippen molar-refractivity contribution in [3.8, 4) is 6.07 Å². The van der Waals surface area contributed by atoms with Crippen molar-refractivity contribution in [2.75, 3.05) is 29.2 Å². The van der Waals surface area contributed by atoms with E-state index in [4.69, 9.17) is 0 Å². The molecule has 0 aliphatic carbocycles. The first-order valence-corrected chi connectivity index (χ1v) is 10.7. The Kier molecular flexibility index (Phi) is 5.04. The molecule has 32 heavy (non-hydrogen) atoms. The van der Waals surface area contributed by atoms with Crippen LogP contribution in [0.15, 0.2) is 30.3 Å². The zero-order valence-corrected chi connectivity index (χ0v) is 19.6. The molecule has 0 saturated heterocycles. The summed E-state index contributed by atoms with van der Waals surface area (Å²) in [4.78, 5) is 16.7. The fourth-order valence-corrected chi connectivity index (χ4v) is 4.44. The molecule has 1 aromatic heterocycles. The van der Waals surface area contributed by atoms with Crippen molar-refractivity contribution < 1.29 is 4.79 Å². The number of fused-ring (bicyclic) bond motifs is 2. The van der Waals surface area contributed by atoms with Gasteiger partial charge in [0.1, 0.15) is 5.54 Å². The molecule has 7 nitrogen and oxygen atoms in total. The number of carbonyl (C=O) groups is 1. The third kappa shape index (κ3) is 3.14. The summed E-state index contributed by atoms with van der Waals surface area (Å²) >= 11 is 0. The first-order chi connectivity index (χ1) is 15.1. The molecule has 164 valence electrons. The summed E-state index contributed by atoms with van der Waals surface area (Å²) in [5, 5.41) is 23.6. The number of nitriles is 1. The third-order valence-electron chi connectivity index (χ3n) is 6.76. The molecule has 1 aliphatic heterocycles. The molecular weight excluding hydrogens is 400 g/mol. The summed E-state index contributed by atoms with van der Waals surface area (Å²) < 4.78 is 0. The zero-order valence-electron chi connectivity index (χ0n) is 19.6. The number of amides is 1. The predicted octanol–water partition coefficient (Wildman–Crippen LogP) is 4.48. The van der Waals surface area contributed by atoms with Crippen LogP contribution in [0.25, 0.3) is 10.8 Å². The standard InChI is InChI=1S/C25H28N6O/c1-14-17(13-26)9-8-10-18(14)15(2)27-23-20-12-21-22(11-19(20)16(3)28-29-23)31(7)25(4,5)24(32)30(21)6/h8-12,15H,1-7H3,(H,27,29)/t15-/m1/s1. The number of aryl methyl sites for hydroxylation is 1. The lowest BCUT2D eigenvalue weighted by molar-refractivity contribution is -0.122. The maximum atomic E-state index is 13.0. The molecule has 2 aromatic carbocycles. The van der Waals surface area contributed by atoms with Crippen molar-refractivity contribution in [1.82, 2.24) is 10.2 Å². The van der Waals surface area contributed by atoms with E-state index in [9.17, 15) is 10.1 Å². The Hall–Kier alpha value is -3.66. The number of nitrogens with zero attached hydrogens (tertiary/aromatic N) is 5. The van der Waals surface area contributed by atoms with E-state index in [-0.39, 0.29) is 11.9 Å². The van der Waals surface area contributed by atoms with Crippen molar-refractivity contribution in [1.29, 1.82) is 5.26 Å². The Bertz CT molecular complexity index is 1290. The Morgan fingerprint density at radius 1 is 1.09 bits per heavy atom. The number of rotatable bonds is 3. The van der Waals surface area contributed by atoms with Crippen LogP contribution in [0.4, 0.5) is 17.2 Å².